The van der Waals surface area contributed by atoms with Crippen LogP contribution >= 0.6 is 11.6 Å². The SMILES string of the molecule is C[C@H]1CO[C@]2([NH+]=C(N)[C@@]3(C#N)[C@@H](c4ccc([N+](=O)[O-])cc4Cl)[C@@]23C#N)O1. The van der Waals surface area contributed by atoms with E-state index in [9.17, 15) is 20.6 Å². The monoisotopic (exact) mass is 374 g/mol. The summed E-state index contributed by atoms with van der Waals surface area (Å²) in [6.45, 7) is 2.01. The minimum absolute atomic E-state index is 0.0649. The molecule has 1 saturated carbocycles. The number of nitro groups is 1. The second-order valence-corrected chi connectivity index (χ2v) is 7.04. The average molecular weight is 375 g/mol. The molecule has 3 N–H and O–H groups in total. The highest BCUT2D eigenvalue weighted by molar-refractivity contribution is 6.31. The summed E-state index contributed by atoms with van der Waals surface area (Å²) in [5, 5.41) is 31.0. The number of hydrogen-bond acceptors (Lipinski definition) is 7. The van der Waals surface area contributed by atoms with Gasteiger partial charge in [0.05, 0.1) is 34.8 Å². The van der Waals surface area contributed by atoms with Crippen molar-refractivity contribution in [1.82, 2.24) is 0 Å². The van der Waals surface area contributed by atoms with Gasteiger partial charge in [0.2, 0.25) is 0 Å². The van der Waals surface area contributed by atoms with Gasteiger partial charge in [0, 0.05) is 18.1 Å². The lowest BCUT2D eigenvalue weighted by atomic mass is 9.94. The number of nitro benzene ring substituents is 1. The molecule has 1 spiro atoms. The molecule has 2 heterocycles. The molecule has 0 unspecified atom stereocenters. The van der Waals surface area contributed by atoms with E-state index in [1.165, 1.54) is 18.2 Å². The van der Waals surface area contributed by atoms with Crippen molar-refractivity contribution < 1.29 is 19.4 Å². The Bertz CT molecular complexity index is 968. The number of nitrogens with two attached hydrogens (primary N) is 1. The number of benzene rings is 1. The van der Waals surface area contributed by atoms with Crippen LogP contribution in [0.3, 0.4) is 0 Å². The van der Waals surface area contributed by atoms with Crippen molar-refractivity contribution in [3.63, 3.8) is 0 Å². The van der Waals surface area contributed by atoms with Gasteiger partial charge in [0.25, 0.3) is 11.5 Å². The number of rotatable bonds is 2. The Kier molecular flexibility index (Phi) is 3.17. The second kappa shape index (κ2) is 4.92. The highest BCUT2D eigenvalue weighted by Crippen LogP contribution is 2.79. The fourth-order valence-electron chi connectivity index (χ4n) is 4.29. The predicted octanol–water partition coefficient (Wildman–Crippen LogP) is -0.0941. The molecule has 0 bridgehead atoms. The number of hydrogen-bond donors (Lipinski definition) is 2. The van der Waals surface area contributed by atoms with Crippen molar-refractivity contribution in [2.24, 2.45) is 16.6 Å². The van der Waals surface area contributed by atoms with E-state index < -0.39 is 27.6 Å². The predicted molar refractivity (Wildman–Crippen MR) is 86.3 cm³/mol. The van der Waals surface area contributed by atoms with Crippen LogP contribution in [-0.4, -0.2) is 29.4 Å². The van der Waals surface area contributed by atoms with Crippen molar-refractivity contribution in [3.8, 4) is 12.1 Å². The molecule has 5 atom stereocenters. The first-order chi connectivity index (χ1) is 12.3. The first kappa shape index (κ1) is 16.7. The molecule has 132 valence electrons. The van der Waals surface area contributed by atoms with Crippen LogP contribution in [0.15, 0.2) is 18.2 Å². The first-order valence-corrected chi connectivity index (χ1v) is 8.16. The molecule has 2 fully saturated rings. The van der Waals surface area contributed by atoms with Crippen LogP contribution in [0.4, 0.5) is 5.69 Å². The Hall–Kier alpha value is -2.72. The zero-order valence-electron chi connectivity index (χ0n) is 13.5. The molecular formula is C16H13ClN5O4+. The summed E-state index contributed by atoms with van der Waals surface area (Å²) in [7, 11) is 0. The summed E-state index contributed by atoms with van der Waals surface area (Å²) in [4.78, 5) is 13.2. The van der Waals surface area contributed by atoms with E-state index in [-0.39, 0.29) is 29.3 Å². The number of nitrogens with one attached hydrogen (secondary N) is 1. The molecule has 0 radical (unpaired) electrons. The number of nitrogens with zero attached hydrogens (tertiary/aromatic N) is 3. The van der Waals surface area contributed by atoms with Crippen LogP contribution in [0.1, 0.15) is 18.4 Å². The third-order valence-corrected chi connectivity index (χ3v) is 5.72. The summed E-state index contributed by atoms with van der Waals surface area (Å²) in [6, 6.07) is 8.22. The maximum Gasteiger partial charge on any atom is 0.343 e. The van der Waals surface area contributed by atoms with Gasteiger partial charge in [-0.05, 0) is 12.5 Å². The molecule has 3 aliphatic rings. The van der Waals surface area contributed by atoms with Gasteiger partial charge < -0.3 is 9.47 Å². The van der Waals surface area contributed by atoms with E-state index in [2.05, 4.69) is 17.1 Å². The summed E-state index contributed by atoms with van der Waals surface area (Å²) in [6.07, 6.45) is -0.302. The van der Waals surface area contributed by atoms with Gasteiger partial charge in [0.1, 0.15) is 0 Å². The minimum atomic E-state index is -1.56. The summed E-state index contributed by atoms with van der Waals surface area (Å²) in [5.74, 6) is -2.24. The number of ether oxygens (including phenoxy) is 2. The maximum atomic E-state index is 10.9. The second-order valence-electron chi connectivity index (χ2n) is 6.63. The molecule has 1 aromatic carbocycles. The molecule has 1 saturated heterocycles. The Morgan fingerprint density at radius 2 is 2.19 bits per heavy atom. The maximum absolute atomic E-state index is 10.9. The van der Waals surface area contributed by atoms with E-state index in [1.807, 2.05) is 0 Å². The first-order valence-electron chi connectivity index (χ1n) is 7.79. The van der Waals surface area contributed by atoms with Gasteiger partial charge in [-0.3, -0.25) is 15.8 Å². The molecule has 0 aromatic heterocycles. The molecule has 2 aliphatic heterocycles. The van der Waals surface area contributed by atoms with Crippen molar-refractivity contribution in [2.75, 3.05) is 6.61 Å². The highest BCUT2D eigenvalue weighted by atomic mass is 35.5. The third-order valence-electron chi connectivity index (χ3n) is 5.39. The topological polar surface area (TPSA) is 149 Å². The normalized spacial score (nSPS) is 39.8. The van der Waals surface area contributed by atoms with Crippen molar-refractivity contribution >= 4 is 23.1 Å². The molecule has 10 heteroatoms. The number of non-ortho nitro benzene ring substituents is 1. The lowest BCUT2D eigenvalue weighted by Crippen LogP contribution is -2.90. The van der Waals surface area contributed by atoms with Crippen LogP contribution in [-0.2, 0) is 9.47 Å². The molecule has 1 aromatic rings. The molecule has 9 nitrogen and oxygen atoms in total. The molecule has 1 aliphatic carbocycles. The van der Waals surface area contributed by atoms with E-state index in [0.29, 0.717) is 5.56 Å². The average Bonchev–Trinajstić information content (AvgIpc) is 2.97. The van der Waals surface area contributed by atoms with Gasteiger partial charge in [0.15, 0.2) is 10.8 Å². The third kappa shape index (κ3) is 1.59. The van der Waals surface area contributed by atoms with Gasteiger partial charge in [-0.2, -0.15) is 10.5 Å². The van der Waals surface area contributed by atoms with Gasteiger partial charge in [-0.25, -0.2) is 4.99 Å². The van der Waals surface area contributed by atoms with E-state index in [0.717, 1.165) is 0 Å². The Balaban J connectivity index is 1.90. The lowest BCUT2D eigenvalue weighted by Gasteiger charge is -2.24. The number of amidine groups is 1. The quantitative estimate of drug-likeness (QED) is 0.542. The van der Waals surface area contributed by atoms with Gasteiger partial charge in [-0.15, -0.1) is 0 Å². The van der Waals surface area contributed by atoms with Crippen LogP contribution < -0.4 is 10.7 Å². The summed E-state index contributed by atoms with van der Waals surface area (Å²) in [5.41, 5.74) is 3.46. The summed E-state index contributed by atoms with van der Waals surface area (Å²) < 4.78 is 11.6. The van der Waals surface area contributed by atoms with Crippen LogP contribution in [0.25, 0.3) is 0 Å². The van der Waals surface area contributed by atoms with Crippen LogP contribution in [0.2, 0.25) is 5.02 Å². The van der Waals surface area contributed by atoms with E-state index >= 15 is 0 Å². The molecular weight excluding hydrogens is 362 g/mol. The summed E-state index contributed by atoms with van der Waals surface area (Å²) >= 11 is 6.25. The van der Waals surface area contributed by atoms with Gasteiger partial charge in [-0.1, -0.05) is 17.7 Å². The van der Waals surface area contributed by atoms with Crippen molar-refractivity contribution in [3.05, 3.63) is 38.9 Å². The fraction of sp³-hybridized carbons (Fsp3) is 0.438. The van der Waals surface area contributed by atoms with Crippen LogP contribution in [0, 0.1) is 43.6 Å². The number of nitriles is 2. The Labute approximate surface area is 152 Å². The highest BCUT2D eigenvalue weighted by Gasteiger charge is 2.98. The Morgan fingerprint density at radius 3 is 2.69 bits per heavy atom. The zero-order chi connectivity index (χ0) is 18.9. The Morgan fingerprint density at radius 1 is 1.46 bits per heavy atom. The fourth-order valence-corrected chi connectivity index (χ4v) is 4.58. The lowest BCUT2D eigenvalue weighted by molar-refractivity contribution is -0.677. The van der Waals surface area contributed by atoms with E-state index in [1.54, 1.807) is 6.92 Å². The minimum Gasteiger partial charge on any atom is -0.311 e. The number of halogens is 1. The largest absolute Gasteiger partial charge is 0.343 e. The zero-order valence-corrected chi connectivity index (χ0v) is 14.3. The standard InChI is InChI=1S/C16H12ClN5O4/c1-8-5-25-16(26-8)15(7-19)12(14(15,6-18)13(20)21-16)10-3-2-9(22(23)24)4-11(10)17/h2-4,8,12H,5H2,1H3,(H2,20,21)/p+1/t8-,12+,14+,15+,16-/m0/s1. The van der Waals surface area contributed by atoms with Gasteiger partial charge >= 0.3 is 5.91 Å². The number of fused-ring (bicyclic) bond motifs is 2. The van der Waals surface area contributed by atoms with Crippen molar-refractivity contribution in [1.29, 1.82) is 10.5 Å². The van der Waals surface area contributed by atoms with Crippen LogP contribution in [0.5, 0.6) is 0 Å². The van der Waals surface area contributed by atoms with E-state index in [4.69, 9.17) is 26.8 Å². The molecule has 26 heavy (non-hydrogen) atoms. The molecule has 0 amide bonds. The smallest absolute Gasteiger partial charge is 0.311 e. The molecule has 4 rings (SSSR count). The van der Waals surface area contributed by atoms with Crippen molar-refractivity contribution in [2.45, 2.75) is 24.9 Å².